The molecule has 0 fully saturated rings. The van der Waals surface area contributed by atoms with Crippen LogP contribution in [0.1, 0.15) is 20.3 Å². The minimum atomic E-state index is -4.77. The molecule has 0 saturated heterocycles. The van der Waals surface area contributed by atoms with Gasteiger partial charge in [-0.25, -0.2) is 9.59 Å². The lowest BCUT2D eigenvalue weighted by Gasteiger charge is -2.29. The Labute approximate surface area is 112 Å². The number of rotatable bonds is 3. The van der Waals surface area contributed by atoms with Gasteiger partial charge in [0.25, 0.3) is 0 Å². The predicted molar refractivity (Wildman–Crippen MR) is 64.1 cm³/mol. The normalized spacial score (nSPS) is 11.3. The Balaban J connectivity index is -0.000000297. The van der Waals surface area contributed by atoms with Gasteiger partial charge in [-0.15, -0.1) is 0 Å². The van der Waals surface area contributed by atoms with Gasteiger partial charge < -0.3 is 40.0 Å². The maximum Gasteiger partial charge on any atom is 0.503 e. The Bertz CT molecular complexity index is 362. The van der Waals surface area contributed by atoms with Crippen molar-refractivity contribution in [3.8, 4) is 0 Å². The van der Waals surface area contributed by atoms with Crippen molar-refractivity contribution in [3.05, 3.63) is 0 Å². The van der Waals surface area contributed by atoms with Crippen LogP contribution < -0.4 is 0 Å². The second-order valence-corrected chi connectivity index (χ2v) is 7.73. The third-order valence-electron chi connectivity index (χ3n) is 1.92. The van der Waals surface area contributed by atoms with Crippen LogP contribution in [-0.4, -0.2) is 57.2 Å². The number of hydrogen-bond donors (Lipinski definition) is 8. The molecule has 0 saturated carbocycles. The highest BCUT2D eigenvalue weighted by Gasteiger charge is 2.54. The predicted octanol–water partition coefficient (Wildman–Crippen LogP) is 0.913. The van der Waals surface area contributed by atoms with Crippen LogP contribution in [0.15, 0.2) is 0 Å². The van der Waals surface area contributed by atoms with Gasteiger partial charge >= 0.3 is 27.5 Å². The van der Waals surface area contributed by atoms with Crippen LogP contribution in [0.2, 0.25) is 0 Å². The average Bonchev–Trinajstić information content (AvgIpc) is 2.10. The van der Waals surface area contributed by atoms with E-state index in [9.17, 15) is 9.13 Å². The summed E-state index contributed by atoms with van der Waals surface area (Å²) in [6.07, 6.45) is -3.94. The highest BCUT2D eigenvalue weighted by atomic mass is 31.2. The number of hydrogen-bond acceptors (Lipinski definition) is 4. The molecular formula is C6H16O12P2. The first-order valence-corrected chi connectivity index (χ1v) is 7.70. The molecule has 0 heterocycles. The molecule has 0 aromatic rings. The lowest BCUT2D eigenvalue weighted by Crippen LogP contribution is -2.23. The van der Waals surface area contributed by atoms with Gasteiger partial charge in [-0.05, 0) is 13.3 Å². The SMILES string of the molecule is CCC(C)(P(=O)(O)O)P(=O)(O)O.O=C(O)O.O=C(O)O. The van der Waals surface area contributed by atoms with E-state index in [0.717, 1.165) is 6.92 Å². The molecule has 0 aliphatic heterocycles. The molecule has 0 unspecified atom stereocenters. The van der Waals surface area contributed by atoms with Gasteiger partial charge in [0.05, 0.1) is 0 Å². The zero-order valence-electron chi connectivity index (χ0n) is 10.3. The summed E-state index contributed by atoms with van der Waals surface area (Å²) in [6.45, 7) is 2.20. The van der Waals surface area contributed by atoms with E-state index in [4.69, 9.17) is 49.6 Å². The topological polar surface area (TPSA) is 230 Å². The Morgan fingerprint density at radius 3 is 1.00 bits per heavy atom. The molecule has 14 heteroatoms. The molecule has 8 N–H and O–H groups in total. The standard InChI is InChI=1S/C4H12O6P2.2CH2O3/c1-3-4(2,11(5,6)7)12(8,9)10;2*2-1(3)4/h3H2,1-2H3,(H2,5,6,7)(H2,8,9,10);2*(H2,2,3,4). The van der Waals surface area contributed by atoms with Crippen molar-refractivity contribution < 1.29 is 58.7 Å². The molecule has 122 valence electrons. The molecule has 0 rings (SSSR count). The molecule has 0 amide bonds. The third-order valence-corrected chi connectivity index (χ3v) is 6.63. The molecule has 0 radical (unpaired) electrons. The maximum absolute atomic E-state index is 10.7. The summed E-state index contributed by atoms with van der Waals surface area (Å²) in [5, 5.41) is 27.9. The first-order chi connectivity index (χ1) is 8.52. The van der Waals surface area contributed by atoms with Crippen LogP contribution in [0.4, 0.5) is 9.59 Å². The Kier molecular flexibility index (Phi) is 10.6. The third kappa shape index (κ3) is 10.7. The van der Waals surface area contributed by atoms with Crippen molar-refractivity contribution >= 4 is 27.5 Å². The van der Waals surface area contributed by atoms with Crippen molar-refractivity contribution in [1.82, 2.24) is 0 Å². The molecule has 0 aromatic heterocycles. The molecule has 0 atom stereocenters. The largest absolute Gasteiger partial charge is 0.503 e. The molecule has 20 heavy (non-hydrogen) atoms. The summed E-state index contributed by atoms with van der Waals surface area (Å²) in [6, 6.07) is 0. The van der Waals surface area contributed by atoms with E-state index in [1.54, 1.807) is 0 Å². The van der Waals surface area contributed by atoms with E-state index >= 15 is 0 Å². The fraction of sp³-hybridized carbons (Fsp3) is 0.667. The Morgan fingerprint density at radius 1 is 0.850 bits per heavy atom. The molecular weight excluding hydrogens is 326 g/mol. The quantitative estimate of drug-likeness (QED) is 0.334. The van der Waals surface area contributed by atoms with E-state index in [1.807, 2.05) is 0 Å². The van der Waals surface area contributed by atoms with Crippen LogP contribution in [0.5, 0.6) is 0 Å². The van der Waals surface area contributed by atoms with Crippen molar-refractivity contribution in [2.75, 3.05) is 0 Å². The average molecular weight is 342 g/mol. The Morgan fingerprint density at radius 2 is 1.00 bits per heavy atom. The summed E-state index contributed by atoms with van der Waals surface area (Å²) < 4.78 is 21.5. The Hall–Kier alpha value is -1.16. The highest BCUT2D eigenvalue weighted by Crippen LogP contribution is 2.70. The van der Waals surface area contributed by atoms with Crippen molar-refractivity contribution in [1.29, 1.82) is 0 Å². The monoisotopic (exact) mass is 342 g/mol. The second kappa shape index (κ2) is 8.90. The first-order valence-electron chi connectivity index (χ1n) is 4.48. The van der Waals surface area contributed by atoms with Crippen molar-refractivity contribution in [3.63, 3.8) is 0 Å². The van der Waals surface area contributed by atoms with Crippen LogP contribution in [0.25, 0.3) is 0 Å². The zero-order chi connectivity index (χ0) is 17.4. The van der Waals surface area contributed by atoms with Gasteiger partial charge in [-0.2, -0.15) is 0 Å². The van der Waals surface area contributed by atoms with Crippen molar-refractivity contribution in [2.45, 2.75) is 25.2 Å². The fourth-order valence-corrected chi connectivity index (χ4v) is 2.76. The maximum atomic E-state index is 10.7. The molecule has 0 aromatic carbocycles. The minimum absolute atomic E-state index is 0.276. The zero-order valence-corrected chi connectivity index (χ0v) is 12.1. The summed E-state index contributed by atoms with van der Waals surface area (Å²) in [4.78, 5) is 49.6. The fourth-order valence-electron chi connectivity index (χ4n) is 0.582. The lowest BCUT2D eigenvalue weighted by molar-refractivity contribution is 0.135. The smallest absolute Gasteiger partial charge is 0.450 e. The van der Waals surface area contributed by atoms with Gasteiger partial charge in [0.1, 0.15) is 0 Å². The summed E-state index contributed by atoms with van der Waals surface area (Å²) >= 11 is 0. The van der Waals surface area contributed by atoms with Crippen molar-refractivity contribution in [2.24, 2.45) is 0 Å². The number of carbonyl (C=O) groups is 2. The van der Waals surface area contributed by atoms with Gasteiger partial charge in [-0.1, -0.05) is 6.92 Å². The van der Waals surface area contributed by atoms with Gasteiger partial charge in [-0.3, -0.25) is 9.13 Å². The molecule has 0 bridgehead atoms. The van der Waals surface area contributed by atoms with E-state index in [-0.39, 0.29) is 6.42 Å². The van der Waals surface area contributed by atoms with E-state index < -0.39 is 32.4 Å². The summed E-state index contributed by atoms with van der Waals surface area (Å²) in [7, 11) is -9.54. The van der Waals surface area contributed by atoms with E-state index in [0.29, 0.717) is 0 Å². The van der Waals surface area contributed by atoms with Gasteiger partial charge in [0.15, 0.2) is 4.90 Å². The van der Waals surface area contributed by atoms with Gasteiger partial charge in [0.2, 0.25) is 0 Å². The highest BCUT2D eigenvalue weighted by molar-refractivity contribution is 7.72. The summed E-state index contributed by atoms with van der Waals surface area (Å²) in [5.74, 6) is 0. The molecule has 0 spiro atoms. The molecule has 0 aliphatic rings. The van der Waals surface area contributed by atoms with E-state index in [1.165, 1.54) is 6.92 Å². The first kappa shape index (κ1) is 23.9. The van der Waals surface area contributed by atoms with Gasteiger partial charge in [0, 0.05) is 0 Å². The minimum Gasteiger partial charge on any atom is -0.450 e. The lowest BCUT2D eigenvalue weighted by atomic mass is 10.4. The molecule has 0 aliphatic carbocycles. The summed E-state index contributed by atoms with van der Waals surface area (Å²) in [5.41, 5.74) is 0. The molecule has 12 nitrogen and oxygen atoms in total. The van der Waals surface area contributed by atoms with Crippen LogP contribution in [-0.2, 0) is 9.13 Å². The second-order valence-electron chi connectivity index (χ2n) is 3.22. The van der Waals surface area contributed by atoms with Crippen LogP contribution in [0, 0.1) is 0 Å². The van der Waals surface area contributed by atoms with E-state index in [2.05, 4.69) is 0 Å². The van der Waals surface area contributed by atoms with Crippen LogP contribution in [0.3, 0.4) is 0 Å². The number of carboxylic acid groups (broad SMARTS) is 4. The van der Waals surface area contributed by atoms with Crippen LogP contribution >= 0.6 is 15.2 Å².